The van der Waals surface area contributed by atoms with Crippen molar-refractivity contribution in [1.29, 1.82) is 0 Å². The van der Waals surface area contributed by atoms with Crippen LogP contribution < -0.4 is 5.73 Å². The first-order valence-electron chi connectivity index (χ1n) is 4.91. The molecule has 1 aromatic carbocycles. The third-order valence-electron chi connectivity index (χ3n) is 2.44. The van der Waals surface area contributed by atoms with E-state index in [2.05, 4.69) is 10.1 Å². The molecule has 0 bridgehead atoms. The summed E-state index contributed by atoms with van der Waals surface area (Å²) in [6.45, 7) is 1.88. The molecule has 0 aliphatic carbocycles. The zero-order chi connectivity index (χ0) is 12.4. The van der Waals surface area contributed by atoms with Crippen LogP contribution in [0.15, 0.2) is 35.7 Å². The van der Waals surface area contributed by atoms with E-state index in [1.807, 2.05) is 17.7 Å². The number of nitrogens with zero attached hydrogens (tertiary/aromatic N) is 3. The maximum Gasteiger partial charge on any atom is 0.170 e. The lowest BCUT2D eigenvalue weighted by Crippen LogP contribution is -2.13. The molecule has 0 atom stereocenters. The molecule has 0 spiro atoms. The molecule has 0 aliphatic heterocycles. The third kappa shape index (κ3) is 2.09. The molecule has 2 aromatic rings. The molecule has 0 unspecified atom stereocenters. The summed E-state index contributed by atoms with van der Waals surface area (Å²) in [5, 5.41) is 12.0. The standard InChI is InChI=1S/C11H11ClN4O/c1-7-14-4-5-16(7)10-3-2-8(6-9(10)12)11(13)15-17/h2-6,17H,1H3,(H2,13,15). The lowest BCUT2D eigenvalue weighted by atomic mass is 10.2. The van der Waals surface area contributed by atoms with Gasteiger partial charge in [-0.25, -0.2) is 4.98 Å². The average Bonchev–Trinajstić information content (AvgIpc) is 2.74. The second-order valence-electron chi connectivity index (χ2n) is 3.50. The van der Waals surface area contributed by atoms with Crippen LogP contribution in [0.1, 0.15) is 11.4 Å². The van der Waals surface area contributed by atoms with Crippen molar-refractivity contribution < 1.29 is 5.21 Å². The quantitative estimate of drug-likeness (QED) is 0.370. The number of aromatic nitrogens is 2. The maximum absolute atomic E-state index is 8.58. The Bertz CT molecular complexity index is 577. The minimum atomic E-state index is 0.0285. The number of nitrogens with two attached hydrogens (primary N) is 1. The van der Waals surface area contributed by atoms with Crippen LogP contribution in [-0.2, 0) is 0 Å². The molecule has 1 heterocycles. The maximum atomic E-state index is 8.58. The Kier molecular flexibility index (Phi) is 3.01. The molecule has 0 fully saturated rings. The minimum Gasteiger partial charge on any atom is -0.409 e. The van der Waals surface area contributed by atoms with E-state index in [-0.39, 0.29) is 5.84 Å². The molecule has 0 amide bonds. The van der Waals surface area contributed by atoms with Gasteiger partial charge in [-0.15, -0.1) is 0 Å². The van der Waals surface area contributed by atoms with E-state index in [0.717, 1.165) is 11.5 Å². The molecule has 2 rings (SSSR count). The summed E-state index contributed by atoms with van der Waals surface area (Å²) in [6.07, 6.45) is 3.52. The molecule has 88 valence electrons. The van der Waals surface area contributed by atoms with Crippen molar-refractivity contribution in [1.82, 2.24) is 9.55 Å². The molecular weight excluding hydrogens is 240 g/mol. The van der Waals surface area contributed by atoms with Gasteiger partial charge in [-0.05, 0) is 25.1 Å². The Labute approximate surface area is 103 Å². The number of oxime groups is 1. The van der Waals surface area contributed by atoms with E-state index in [1.54, 1.807) is 24.4 Å². The summed E-state index contributed by atoms with van der Waals surface area (Å²) in [5.41, 5.74) is 6.85. The summed E-state index contributed by atoms with van der Waals surface area (Å²) >= 11 is 6.15. The van der Waals surface area contributed by atoms with Crippen LogP contribution in [0.2, 0.25) is 5.02 Å². The smallest absolute Gasteiger partial charge is 0.170 e. The van der Waals surface area contributed by atoms with Crippen LogP contribution in [0, 0.1) is 6.92 Å². The van der Waals surface area contributed by atoms with Crippen LogP contribution >= 0.6 is 11.6 Å². The zero-order valence-electron chi connectivity index (χ0n) is 9.13. The van der Waals surface area contributed by atoms with Crippen molar-refractivity contribution in [3.63, 3.8) is 0 Å². The molecule has 6 heteroatoms. The molecule has 17 heavy (non-hydrogen) atoms. The number of amidine groups is 1. The minimum absolute atomic E-state index is 0.0285. The molecule has 0 saturated carbocycles. The first kappa shape index (κ1) is 11.5. The van der Waals surface area contributed by atoms with E-state index in [1.165, 1.54) is 0 Å². The van der Waals surface area contributed by atoms with Gasteiger partial charge in [-0.2, -0.15) is 0 Å². The Morgan fingerprint density at radius 2 is 2.29 bits per heavy atom. The predicted octanol–water partition coefficient (Wildman–Crippen LogP) is 1.93. The second kappa shape index (κ2) is 4.47. The second-order valence-corrected chi connectivity index (χ2v) is 3.90. The third-order valence-corrected chi connectivity index (χ3v) is 2.74. The van der Waals surface area contributed by atoms with Gasteiger partial charge in [0.1, 0.15) is 5.82 Å². The van der Waals surface area contributed by atoms with Gasteiger partial charge in [0, 0.05) is 18.0 Å². The molecular formula is C11H11ClN4O. The van der Waals surface area contributed by atoms with E-state index in [9.17, 15) is 0 Å². The molecule has 0 radical (unpaired) electrons. The van der Waals surface area contributed by atoms with Crippen LogP contribution in [0.5, 0.6) is 0 Å². The van der Waals surface area contributed by atoms with Gasteiger partial charge in [-0.1, -0.05) is 16.8 Å². The van der Waals surface area contributed by atoms with Gasteiger partial charge in [0.05, 0.1) is 10.7 Å². The molecule has 3 N–H and O–H groups in total. The monoisotopic (exact) mass is 250 g/mol. The summed E-state index contributed by atoms with van der Waals surface area (Å²) < 4.78 is 1.86. The van der Waals surface area contributed by atoms with Crippen molar-refractivity contribution in [2.75, 3.05) is 0 Å². The summed E-state index contributed by atoms with van der Waals surface area (Å²) in [6, 6.07) is 5.17. The van der Waals surface area contributed by atoms with Crippen molar-refractivity contribution in [2.24, 2.45) is 10.9 Å². The fraction of sp³-hybridized carbons (Fsp3) is 0.0909. The fourth-order valence-electron chi connectivity index (χ4n) is 1.55. The lowest BCUT2D eigenvalue weighted by Gasteiger charge is -2.08. The molecule has 0 aliphatic rings. The Balaban J connectivity index is 2.50. The highest BCUT2D eigenvalue weighted by Gasteiger charge is 2.08. The van der Waals surface area contributed by atoms with Gasteiger partial charge in [0.2, 0.25) is 0 Å². The largest absolute Gasteiger partial charge is 0.409 e. The summed E-state index contributed by atoms with van der Waals surface area (Å²) in [7, 11) is 0. The summed E-state index contributed by atoms with van der Waals surface area (Å²) in [4.78, 5) is 4.12. The van der Waals surface area contributed by atoms with Crippen molar-refractivity contribution in [3.8, 4) is 5.69 Å². The average molecular weight is 251 g/mol. The number of benzene rings is 1. The topological polar surface area (TPSA) is 76.4 Å². The fourth-order valence-corrected chi connectivity index (χ4v) is 1.82. The highest BCUT2D eigenvalue weighted by atomic mass is 35.5. The van der Waals surface area contributed by atoms with Crippen molar-refractivity contribution >= 4 is 17.4 Å². The zero-order valence-corrected chi connectivity index (χ0v) is 9.89. The van der Waals surface area contributed by atoms with Crippen LogP contribution in [0.25, 0.3) is 5.69 Å². The van der Waals surface area contributed by atoms with Gasteiger partial charge in [-0.3, -0.25) is 0 Å². The summed E-state index contributed by atoms with van der Waals surface area (Å²) in [5.74, 6) is 0.865. The van der Waals surface area contributed by atoms with Crippen LogP contribution in [0.3, 0.4) is 0 Å². The molecule has 5 nitrogen and oxygen atoms in total. The van der Waals surface area contributed by atoms with Gasteiger partial charge in [0.15, 0.2) is 5.84 Å². The highest BCUT2D eigenvalue weighted by molar-refractivity contribution is 6.32. The first-order chi connectivity index (χ1) is 8.13. The number of rotatable bonds is 2. The van der Waals surface area contributed by atoms with Crippen LogP contribution in [0.4, 0.5) is 0 Å². The highest BCUT2D eigenvalue weighted by Crippen LogP contribution is 2.22. The molecule has 1 aromatic heterocycles. The Morgan fingerprint density at radius 1 is 1.53 bits per heavy atom. The first-order valence-corrected chi connectivity index (χ1v) is 5.29. The van der Waals surface area contributed by atoms with Crippen LogP contribution in [-0.4, -0.2) is 20.6 Å². The number of imidazole rings is 1. The predicted molar refractivity (Wildman–Crippen MR) is 65.8 cm³/mol. The van der Waals surface area contributed by atoms with Gasteiger partial charge in [0.25, 0.3) is 0 Å². The van der Waals surface area contributed by atoms with Gasteiger partial charge >= 0.3 is 0 Å². The Hall–Kier alpha value is -2.01. The molecule has 0 saturated heterocycles. The number of aryl methyl sites for hydroxylation is 1. The normalized spacial score (nSPS) is 11.8. The van der Waals surface area contributed by atoms with E-state index < -0.39 is 0 Å². The number of halogens is 1. The van der Waals surface area contributed by atoms with E-state index in [0.29, 0.717) is 10.6 Å². The van der Waals surface area contributed by atoms with E-state index >= 15 is 0 Å². The SMILES string of the molecule is Cc1nccn1-c1ccc(C(N)=NO)cc1Cl. The lowest BCUT2D eigenvalue weighted by molar-refractivity contribution is 0.318. The van der Waals surface area contributed by atoms with Crippen molar-refractivity contribution in [2.45, 2.75) is 6.92 Å². The van der Waals surface area contributed by atoms with Gasteiger partial charge < -0.3 is 15.5 Å². The van der Waals surface area contributed by atoms with Crippen molar-refractivity contribution in [3.05, 3.63) is 47.0 Å². The number of hydrogen-bond acceptors (Lipinski definition) is 3. The number of hydrogen-bond donors (Lipinski definition) is 2. The van der Waals surface area contributed by atoms with E-state index in [4.69, 9.17) is 22.5 Å². The Morgan fingerprint density at radius 3 is 2.82 bits per heavy atom.